The minimum atomic E-state index is 0.850. The third-order valence-corrected chi connectivity index (χ3v) is 7.98. The van der Waals surface area contributed by atoms with Crippen molar-refractivity contribution in [2.24, 2.45) is 0 Å². The van der Waals surface area contributed by atoms with Crippen LogP contribution in [-0.4, -0.2) is 13.6 Å². The van der Waals surface area contributed by atoms with Crippen molar-refractivity contribution in [1.82, 2.24) is 4.58 Å². The van der Waals surface area contributed by atoms with Gasteiger partial charge in [-0.25, -0.2) is 0 Å². The summed E-state index contributed by atoms with van der Waals surface area (Å²) >= 11 is 4.84. The molecule has 0 saturated carbocycles. The second kappa shape index (κ2) is 9.23. The van der Waals surface area contributed by atoms with Crippen molar-refractivity contribution >= 4 is 40.7 Å². The predicted molar refractivity (Wildman–Crippen MR) is 160 cm³/mol. The molecule has 0 amide bonds. The molecule has 0 aromatic heterocycles. The lowest BCUT2D eigenvalue weighted by molar-refractivity contribution is 0.617. The monoisotopic (exact) mass is 511 g/mol. The normalized spacial score (nSPS) is 14.2. The number of benzene rings is 5. The summed E-state index contributed by atoms with van der Waals surface area (Å²) in [5, 5.41) is 2.22. The molecule has 0 bridgehead atoms. The standard InChI is InChI=1S/C34H26N2OS/c1-35(24-10-3-2-4-11-24)25-15-17-27-31(21-25)37-32-22-26(36-20-19-23-9-5-7-13-30(23)36)16-18-28(32)34(27)29-12-6-8-14-33(29)38/h2-18,21-22H,19-20H2,1H3/p+1. The van der Waals surface area contributed by atoms with Crippen molar-refractivity contribution in [3.05, 3.63) is 126 Å². The van der Waals surface area contributed by atoms with Gasteiger partial charge in [0.25, 0.3) is 0 Å². The highest BCUT2D eigenvalue weighted by atomic mass is 32.1. The predicted octanol–water partition coefficient (Wildman–Crippen LogP) is 7.92. The van der Waals surface area contributed by atoms with Crippen molar-refractivity contribution in [2.45, 2.75) is 11.3 Å². The van der Waals surface area contributed by atoms with Crippen LogP contribution in [0.4, 0.5) is 17.1 Å². The van der Waals surface area contributed by atoms with Gasteiger partial charge in [0, 0.05) is 70.0 Å². The molecule has 2 aliphatic heterocycles. The van der Waals surface area contributed by atoms with E-state index in [1.165, 1.54) is 11.3 Å². The van der Waals surface area contributed by atoms with E-state index in [2.05, 4.69) is 114 Å². The Labute approximate surface area is 227 Å². The summed E-state index contributed by atoms with van der Waals surface area (Å²) in [5.74, 6) is 0.866. The highest BCUT2D eigenvalue weighted by Crippen LogP contribution is 2.43. The first-order chi connectivity index (χ1) is 18.7. The Morgan fingerprint density at radius 2 is 1.53 bits per heavy atom. The fraction of sp³-hybridized carbons (Fsp3) is 0.0882. The van der Waals surface area contributed by atoms with Crippen LogP contribution < -0.4 is 14.8 Å². The molecule has 7 rings (SSSR count). The van der Waals surface area contributed by atoms with Crippen LogP contribution in [0.3, 0.4) is 0 Å². The lowest BCUT2D eigenvalue weighted by Gasteiger charge is -2.21. The van der Waals surface area contributed by atoms with Crippen molar-refractivity contribution in [3.8, 4) is 22.5 Å². The summed E-state index contributed by atoms with van der Waals surface area (Å²) in [4.78, 5) is 3.13. The molecule has 4 heteroatoms. The van der Waals surface area contributed by atoms with Gasteiger partial charge >= 0.3 is 0 Å². The van der Waals surface area contributed by atoms with Crippen LogP contribution >= 0.6 is 12.6 Å². The van der Waals surface area contributed by atoms with Gasteiger partial charge in [0.05, 0.1) is 6.07 Å². The van der Waals surface area contributed by atoms with E-state index in [9.17, 15) is 0 Å². The highest BCUT2D eigenvalue weighted by molar-refractivity contribution is 7.80. The van der Waals surface area contributed by atoms with E-state index in [1.54, 1.807) is 0 Å². The largest absolute Gasteiger partial charge is 0.456 e. The minimum Gasteiger partial charge on any atom is -0.456 e. The summed E-state index contributed by atoms with van der Waals surface area (Å²) in [6.45, 7) is 0.969. The van der Waals surface area contributed by atoms with E-state index in [0.29, 0.717) is 0 Å². The maximum atomic E-state index is 6.68. The average molecular weight is 512 g/mol. The van der Waals surface area contributed by atoms with Crippen LogP contribution in [0.15, 0.2) is 125 Å². The molecule has 4 aromatic carbocycles. The fourth-order valence-corrected chi connectivity index (χ4v) is 5.90. The van der Waals surface area contributed by atoms with Gasteiger partial charge in [0.2, 0.25) is 11.0 Å². The first-order valence-corrected chi connectivity index (χ1v) is 13.4. The fourth-order valence-electron chi connectivity index (χ4n) is 5.63. The summed E-state index contributed by atoms with van der Waals surface area (Å²) in [6, 6.07) is 40.4. The van der Waals surface area contributed by atoms with Crippen LogP contribution in [0.25, 0.3) is 33.4 Å². The lowest BCUT2D eigenvalue weighted by atomic mass is 9.93. The highest BCUT2D eigenvalue weighted by Gasteiger charge is 2.25. The van der Waals surface area contributed by atoms with Crippen molar-refractivity contribution in [1.29, 1.82) is 0 Å². The van der Waals surface area contributed by atoms with E-state index in [0.717, 1.165) is 68.0 Å². The zero-order valence-electron chi connectivity index (χ0n) is 21.1. The summed E-state index contributed by atoms with van der Waals surface area (Å²) in [7, 11) is 2.09. The average Bonchev–Trinajstić information content (AvgIpc) is 3.40. The maximum absolute atomic E-state index is 6.68. The van der Waals surface area contributed by atoms with Crippen molar-refractivity contribution in [3.63, 3.8) is 0 Å². The molecular weight excluding hydrogens is 484 g/mol. The third kappa shape index (κ3) is 3.80. The number of hydrogen-bond acceptors (Lipinski definition) is 3. The van der Waals surface area contributed by atoms with E-state index in [-0.39, 0.29) is 0 Å². The van der Waals surface area contributed by atoms with E-state index in [1.807, 2.05) is 18.2 Å². The Hall–Kier alpha value is -4.28. The minimum absolute atomic E-state index is 0.850. The molecule has 38 heavy (non-hydrogen) atoms. The van der Waals surface area contributed by atoms with Crippen LogP contribution in [0.1, 0.15) is 5.56 Å². The second-order valence-electron chi connectivity index (χ2n) is 9.78. The molecule has 0 atom stereocenters. The van der Waals surface area contributed by atoms with E-state index < -0.39 is 0 Å². The molecule has 4 aromatic rings. The summed E-state index contributed by atoms with van der Waals surface area (Å²) in [5.41, 5.74) is 9.05. The number of thiol groups is 1. The zero-order chi connectivity index (χ0) is 25.6. The Balaban J connectivity index is 1.50. The SMILES string of the molecule is CN(c1ccccc1)c1ccc2c(-c3ccccc3S)c3ccc(=[N+]4CCc5ccccc54)cc-3oc2c1. The Morgan fingerprint density at radius 1 is 0.737 bits per heavy atom. The van der Waals surface area contributed by atoms with Gasteiger partial charge in [-0.15, -0.1) is 12.6 Å². The van der Waals surface area contributed by atoms with Crippen LogP contribution in [-0.2, 0) is 6.42 Å². The van der Waals surface area contributed by atoms with Gasteiger partial charge in [-0.1, -0.05) is 54.6 Å². The van der Waals surface area contributed by atoms with Crippen LogP contribution in [0.2, 0.25) is 0 Å². The third-order valence-electron chi connectivity index (χ3n) is 7.59. The Kier molecular flexibility index (Phi) is 5.56. The van der Waals surface area contributed by atoms with Crippen molar-refractivity contribution < 1.29 is 4.42 Å². The van der Waals surface area contributed by atoms with E-state index in [4.69, 9.17) is 17.0 Å². The topological polar surface area (TPSA) is 19.4 Å². The molecule has 0 unspecified atom stereocenters. The summed E-state index contributed by atoms with van der Waals surface area (Å²) < 4.78 is 9.07. The van der Waals surface area contributed by atoms with Gasteiger partial charge < -0.3 is 9.32 Å². The maximum Gasteiger partial charge on any atom is 0.209 e. The molecule has 184 valence electrons. The number of rotatable bonds is 3. The quantitative estimate of drug-likeness (QED) is 0.148. The van der Waals surface area contributed by atoms with Gasteiger partial charge in [0.1, 0.15) is 11.3 Å². The van der Waals surface area contributed by atoms with Crippen molar-refractivity contribution in [2.75, 3.05) is 18.5 Å². The van der Waals surface area contributed by atoms with Gasteiger partial charge in [-0.05, 0) is 42.0 Å². The number of nitrogens with zero attached hydrogens (tertiary/aromatic N) is 2. The molecule has 0 fully saturated rings. The zero-order valence-corrected chi connectivity index (χ0v) is 22.0. The number of fused-ring (bicyclic) bond motifs is 3. The van der Waals surface area contributed by atoms with Gasteiger partial charge in [-0.3, -0.25) is 0 Å². The number of para-hydroxylation sites is 2. The van der Waals surface area contributed by atoms with Gasteiger partial charge in [-0.2, -0.15) is 4.58 Å². The smallest absolute Gasteiger partial charge is 0.209 e. The van der Waals surface area contributed by atoms with E-state index >= 15 is 0 Å². The molecular formula is C34H27N2OS+. The molecule has 0 spiro atoms. The van der Waals surface area contributed by atoms with Gasteiger partial charge in [0.15, 0.2) is 6.54 Å². The first-order valence-electron chi connectivity index (χ1n) is 12.9. The molecule has 0 N–H and O–H groups in total. The number of anilines is 2. The summed E-state index contributed by atoms with van der Waals surface area (Å²) in [6.07, 6.45) is 1.05. The molecule has 1 aliphatic carbocycles. The number of hydrogen-bond donors (Lipinski definition) is 1. The Bertz CT molecular complexity index is 1850. The Morgan fingerprint density at radius 3 is 2.39 bits per heavy atom. The molecule has 2 heterocycles. The molecule has 0 saturated heterocycles. The molecule has 3 nitrogen and oxygen atoms in total. The van der Waals surface area contributed by atoms with Crippen LogP contribution in [0, 0.1) is 0 Å². The molecule has 3 aliphatic rings. The van der Waals surface area contributed by atoms with Crippen LogP contribution in [0.5, 0.6) is 0 Å². The lowest BCUT2D eigenvalue weighted by Crippen LogP contribution is -2.23. The first kappa shape index (κ1) is 22.9. The second-order valence-corrected chi connectivity index (χ2v) is 10.3. The molecule has 0 radical (unpaired) electrons.